The van der Waals surface area contributed by atoms with Gasteiger partial charge in [-0.15, -0.1) is 0 Å². The van der Waals surface area contributed by atoms with E-state index in [4.69, 9.17) is 4.74 Å². The van der Waals surface area contributed by atoms with E-state index in [2.05, 4.69) is 31.0 Å². The second-order valence-electron chi connectivity index (χ2n) is 5.64. The van der Waals surface area contributed by atoms with Crippen LogP contribution in [0.15, 0.2) is 0 Å². The van der Waals surface area contributed by atoms with Crippen LogP contribution in [0.2, 0.25) is 0 Å². The Morgan fingerprint density at radius 1 is 1.15 bits per heavy atom. The third-order valence-corrected chi connectivity index (χ3v) is 3.83. The molecule has 0 aliphatic carbocycles. The van der Waals surface area contributed by atoms with Crippen LogP contribution in [0.5, 0.6) is 0 Å². The number of methoxy groups -OCH3 is 1. The van der Waals surface area contributed by atoms with Crippen molar-refractivity contribution in [2.24, 2.45) is 0 Å². The second-order valence-corrected chi connectivity index (χ2v) is 5.64. The lowest BCUT2D eigenvalue weighted by molar-refractivity contribution is -0.148. The number of hydrogen-bond acceptors (Lipinski definition) is 4. The summed E-state index contributed by atoms with van der Waals surface area (Å²) in [6.45, 7) is 12.6. The molecule has 0 amide bonds. The molecule has 120 valence electrons. The fourth-order valence-electron chi connectivity index (χ4n) is 2.35. The summed E-state index contributed by atoms with van der Waals surface area (Å²) in [5, 5.41) is 3.34. The highest BCUT2D eigenvalue weighted by Gasteiger charge is 2.32. The van der Waals surface area contributed by atoms with Crippen LogP contribution < -0.4 is 5.32 Å². The number of rotatable bonds is 12. The summed E-state index contributed by atoms with van der Waals surface area (Å²) >= 11 is 0. The van der Waals surface area contributed by atoms with Crippen LogP contribution >= 0.6 is 0 Å². The lowest BCUT2D eigenvalue weighted by atomic mass is 9.95. The van der Waals surface area contributed by atoms with Crippen LogP contribution in [0.25, 0.3) is 0 Å². The van der Waals surface area contributed by atoms with Crippen molar-refractivity contribution in [1.29, 1.82) is 0 Å². The zero-order valence-corrected chi connectivity index (χ0v) is 14.1. The highest BCUT2D eigenvalue weighted by Crippen LogP contribution is 2.15. The molecule has 1 N–H and O–H groups in total. The van der Waals surface area contributed by atoms with Gasteiger partial charge in [-0.3, -0.25) is 4.79 Å². The SMILES string of the molecule is CCCCN(CC)CCCC(C)(NCCC)C(=O)OC. The Bertz CT molecular complexity index is 259. The summed E-state index contributed by atoms with van der Waals surface area (Å²) in [6.07, 6.45) is 5.33. The number of unbranched alkanes of at least 4 members (excludes halogenated alkanes) is 1. The van der Waals surface area contributed by atoms with Gasteiger partial charge >= 0.3 is 5.97 Å². The van der Waals surface area contributed by atoms with Crippen LogP contribution in [0.4, 0.5) is 0 Å². The molecule has 0 aliphatic heterocycles. The fraction of sp³-hybridized carbons (Fsp3) is 0.938. The van der Waals surface area contributed by atoms with Gasteiger partial charge in [0, 0.05) is 0 Å². The van der Waals surface area contributed by atoms with Crippen molar-refractivity contribution >= 4 is 5.97 Å². The summed E-state index contributed by atoms with van der Waals surface area (Å²) in [5.41, 5.74) is -0.547. The summed E-state index contributed by atoms with van der Waals surface area (Å²) in [6, 6.07) is 0. The molecule has 0 saturated carbocycles. The number of nitrogens with zero attached hydrogens (tertiary/aromatic N) is 1. The Labute approximate surface area is 125 Å². The van der Waals surface area contributed by atoms with E-state index in [1.807, 2.05) is 6.92 Å². The largest absolute Gasteiger partial charge is 0.468 e. The van der Waals surface area contributed by atoms with E-state index in [1.165, 1.54) is 20.0 Å². The van der Waals surface area contributed by atoms with Gasteiger partial charge in [0.05, 0.1) is 7.11 Å². The average Bonchev–Trinajstić information content (AvgIpc) is 2.47. The Kier molecular flexibility index (Phi) is 10.8. The molecule has 1 unspecified atom stereocenters. The molecule has 0 bridgehead atoms. The van der Waals surface area contributed by atoms with E-state index in [-0.39, 0.29) is 5.97 Å². The Balaban J connectivity index is 4.27. The molecule has 0 aromatic carbocycles. The lowest BCUT2D eigenvalue weighted by Crippen LogP contribution is -2.50. The van der Waals surface area contributed by atoms with Crippen molar-refractivity contribution in [1.82, 2.24) is 10.2 Å². The summed E-state index contributed by atoms with van der Waals surface area (Å²) in [7, 11) is 1.47. The van der Waals surface area contributed by atoms with Crippen LogP contribution in [-0.2, 0) is 9.53 Å². The first-order valence-electron chi connectivity index (χ1n) is 8.09. The van der Waals surface area contributed by atoms with Gasteiger partial charge in [0.2, 0.25) is 0 Å². The van der Waals surface area contributed by atoms with Crippen LogP contribution in [-0.4, -0.2) is 49.7 Å². The van der Waals surface area contributed by atoms with Crippen molar-refractivity contribution < 1.29 is 9.53 Å². The molecule has 0 saturated heterocycles. The van der Waals surface area contributed by atoms with E-state index in [0.717, 1.165) is 45.4 Å². The van der Waals surface area contributed by atoms with Crippen molar-refractivity contribution in [2.45, 2.75) is 65.3 Å². The minimum absolute atomic E-state index is 0.150. The van der Waals surface area contributed by atoms with Gasteiger partial charge in [-0.25, -0.2) is 0 Å². The maximum Gasteiger partial charge on any atom is 0.325 e. The van der Waals surface area contributed by atoms with Crippen molar-refractivity contribution in [3.63, 3.8) is 0 Å². The predicted octanol–water partition coefficient (Wildman–Crippen LogP) is 2.82. The van der Waals surface area contributed by atoms with Crippen molar-refractivity contribution in [2.75, 3.05) is 33.3 Å². The van der Waals surface area contributed by atoms with Gasteiger partial charge in [-0.1, -0.05) is 27.2 Å². The Morgan fingerprint density at radius 3 is 2.30 bits per heavy atom. The van der Waals surface area contributed by atoms with Crippen molar-refractivity contribution in [3.05, 3.63) is 0 Å². The van der Waals surface area contributed by atoms with E-state index in [0.29, 0.717) is 0 Å². The molecule has 0 radical (unpaired) electrons. The molecule has 0 aromatic rings. The molecule has 1 atom stereocenters. The standard InChI is InChI=1S/C16H34N2O2/c1-6-9-13-18(8-3)14-10-11-16(4,15(19)20-5)17-12-7-2/h17H,6-14H2,1-5H3. The molecule has 0 heterocycles. The quantitative estimate of drug-likeness (QED) is 0.560. The van der Waals surface area contributed by atoms with E-state index in [9.17, 15) is 4.79 Å². The first kappa shape index (κ1) is 19.4. The molecule has 0 fully saturated rings. The average molecular weight is 286 g/mol. The summed E-state index contributed by atoms with van der Waals surface area (Å²) in [4.78, 5) is 14.4. The maximum absolute atomic E-state index is 12.0. The minimum atomic E-state index is -0.547. The Hall–Kier alpha value is -0.610. The fourth-order valence-corrected chi connectivity index (χ4v) is 2.35. The van der Waals surface area contributed by atoms with Crippen molar-refractivity contribution in [3.8, 4) is 0 Å². The summed E-state index contributed by atoms with van der Waals surface area (Å²) < 4.78 is 4.95. The zero-order valence-electron chi connectivity index (χ0n) is 14.1. The first-order valence-corrected chi connectivity index (χ1v) is 8.09. The number of hydrogen-bond donors (Lipinski definition) is 1. The van der Waals surface area contributed by atoms with Gasteiger partial charge < -0.3 is 15.0 Å². The van der Waals surface area contributed by atoms with E-state index >= 15 is 0 Å². The molecule has 0 aliphatic rings. The van der Waals surface area contributed by atoms with Crippen LogP contribution in [0.3, 0.4) is 0 Å². The number of nitrogens with one attached hydrogen (secondary N) is 1. The second kappa shape index (κ2) is 11.1. The zero-order chi connectivity index (χ0) is 15.4. The molecule has 0 aromatic heterocycles. The molecule has 0 spiro atoms. The lowest BCUT2D eigenvalue weighted by Gasteiger charge is -2.29. The van der Waals surface area contributed by atoms with Gasteiger partial charge in [0.1, 0.15) is 5.54 Å². The highest BCUT2D eigenvalue weighted by molar-refractivity contribution is 5.80. The van der Waals surface area contributed by atoms with Gasteiger partial charge in [0.15, 0.2) is 0 Å². The number of esters is 1. The molecule has 4 heteroatoms. The van der Waals surface area contributed by atoms with E-state index < -0.39 is 5.54 Å². The number of carbonyl (C=O) groups excluding carboxylic acids is 1. The molecular weight excluding hydrogens is 252 g/mol. The molecule has 0 rings (SSSR count). The van der Waals surface area contributed by atoms with Gasteiger partial charge in [-0.05, 0) is 58.8 Å². The molecule has 20 heavy (non-hydrogen) atoms. The highest BCUT2D eigenvalue weighted by atomic mass is 16.5. The molecule has 4 nitrogen and oxygen atoms in total. The van der Waals surface area contributed by atoms with Crippen LogP contribution in [0.1, 0.15) is 59.8 Å². The van der Waals surface area contributed by atoms with Gasteiger partial charge in [-0.2, -0.15) is 0 Å². The smallest absolute Gasteiger partial charge is 0.325 e. The Morgan fingerprint density at radius 2 is 1.80 bits per heavy atom. The molecular formula is C16H34N2O2. The minimum Gasteiger partial charge on any atom is -0.468 e. The predicted molar refractivity (Wildman–Crippen MR) is 85.0 cm³/mol. The normalized spacial score (nSPS) is 14.3. The monoisotopic (exact) mass is 286 g/mol. The maximum atomic E-state index is 12.0. The first-order chi connectivity index (χ1) is 9.53. The third-order valence-electron chi connectivity index (χ3n) is 3.83. The van der Waals surface area contributed by atoms with E-state index in [1.54, 1.807) is 0 Å². The summed E-state index contributed by atoms with van der Waals surface area (Å²) in [5.74, 6) is -0.150. The van der Waals surface area contributed by atoms with Crippen LogP contribution in [0, 0.1) is 0 Å². The number of carbonyl (C=O) groups is 1. The third kappa shape index (κ3) is 7.25. The number of ether oxygens (including phenoxy) is 1. The topological polar surface area (TPSA) is 41.6 Å². The van der Waals surface area contributed by atoms with Gasteiger partial charge in [0.25, 0.3) is 0 Å².